The molecule has 0 saturated carbocycles. The van der Waals surface area contributed by atoms with E-state index in [-0.39, 0.29) is 32.6 Å². The lowest BCUT2D eigenvalue weighted by molar-refractivity contribution is -0.161. The van der Waals surface area contributed by atoms with Gasteiger partial charge in [0.15, 0.2) is 6.10 Å². The van der Waals surface area contributed by atoms with Crippen molar-refractivity contribution in [2.45, 2.75) is 187 Å². The fourth-order valence-electron chi connectivity index (χ4n) is 6.59. The number of phosphoric acid groups is 1. The molecule has 9 nitrogen and oxygen atoms in total. The van der Waals surface area contributed by atoms with E-state index in [4.69, 9.17) is 24.3 Å². The number of phosphoric ester groups is 1. The van der Waals surface area contributed by atoms with Gasteiger partial charge in [-0.05, 0) is 128 Å². The third-order valence-electron chi connectivity index (χ3n) is 10.6. The van der Waals surface area contributed by atoms with E-state index in [9.17, 15) is 19.0 Å². The van der Waals surface area contributed by atoms with Crippen molar-refractivity contribution >= 4 is 19.8 Å². The average Bonchev–Trinajstić information content (AvgIpc) is 3.38. The van der Waals surface area contributed by atoms with Gasteiger partial charge >= 0.3 is 19.8 Å². The predicted octanol–water partition coefficient (Wildman–Crippen LogP) is 17.5. The van der Waals surface area contributed by atoms with Crippen LogP contribution in [-0.4, -0.2) is 49.3 Å². The summed E-state index contributed by atoms with van der Waals surface area (Å²) in [4.78, 5) is 35.1. The Balaban J connectivity index is 4.19. The van der Waals surface area contributed by atoms with Gasteiger partial charge < -0.3 is 20.1 Å². The molecule has 0 aromatic rings. The van der Waals surface area contributed by atoms with Gasteiger partial charge in [-0.2, -0.15) is 0 Å². The molecular formula is C63H98NO8P. The zero-order chi connectivity index (χ0) is 53.1. The molecule has 2 atom stereocenters. The fraction of sp³-hybridized carbons (Fsp3) is 0.524. The Hall–Kier alpha value is -4.63. The number of carbonyl (C=O) groups excluding carboxylic acids is 2. The molecule has 10 heteroatoms. The van der Waals surface area contributed by atoms with Gasteiger partial charge in [0.2, 0.25) is 0 Å². The Kier molecular flexibility index (Phi) is 53.1. The summed E-state index contributed by atoms with van der Waals surface area (Å²) in [5.41, 5.74) is 5.37. The minimum atomic E-state index is -4.42. The van der Waals surface area contributed by atoms with E-state index in [0.717, 1.165) is 141 Å². The quantitative estimate of drug-likeness (QED) is 0.0264. The normalized spacial score (nSPS) is 14.4. The maximum absolute atomic E-state index is 12.7. The Morgan fingerprint density at radius 1 is 0.411 bits per heavy atom. The molecule has 0 aliphatic carbocycles. The molecule has 0 radical (unpaired) electrons. The Morgan fingerprint density at radius 2 is 0.712 bits per heavy atom. The number of rotatable bonds is 49. The first-order valence-corrected chi connectivity index (χ1v) is 29.1. The van der Waals surface area contributed by atoms with Crippen LogP contribution in [0.2, 0.25) is 0 Å². The first kappa shape index (κ1) is 68.4. The predicted molar refractivity (Wildman–Crippen MR) is 311 cm³/mol. The summed E-state index contributed by atoms with van der Waals surface area (Å²) in [7, 11) is -4.42. The van der Waals surface area contributed by atoms with Crippen molar-refractivity contribution in [1.82, 2.24) is 0 Å². The fourth-order valence-corrected chi connectivity index (χ4v) is 7.36. The molecule has 0 bridgehead atoms. The van der Waals surface area contributed by atoms with E-state index in [0.29, 0.717) is 12.8 Å². The first-order valence-electron chi connectivity index (χ1n) is 27.6. The highest BCUT2D eigenvalue weighted by Gasteiger charge is 2.26. The van der Waals surface area contributed by atoms with Gasteiger partial charge in [-0.1, -0.05) is 210 Å². The van der Waals surface area contributed by atoms with Crippen LogP contribution in [0.3, 0.4) is 0 Å². The molecule has 3 N–H and O–H groups in total. The van der Waals surface area contributed by atoms with Crippen molar-refractivity contribution in [3.05, 3.63) is 170 Å². The minimum Gasteiger partial charge on any atom is -0.462 e. The molecule has 0 aliphatic heterocycles. The van der Waals surface area contributed by atoms with Crippen LogP contribution in [-0.2, 0) is 32.7 Å². The summed E-state index contributed by atoms with van der Waals surface area (Å²) in [5.74, 6) is -0.906. The van der Waals surface area contributed by atoms with E-state index in [2.05, 4.69) is 184 Å². The summed E-state index contributed by atoms with van der Waals surface area (Å²) in [6.07, 6.45) is 83.9. The standard InChI is InChI=1S/C63H98NO8P/c1-3-5-7-9-11-13-15-17-19-21-23-25-26-27-28-29-30-31-32-33-34-36-38-40-42-44-46-48-50-52-54-56-63(66)72-61(60-71-73(67,68)70-58-57-64)59-69-62(65)55-53-51-49-47-45-43-41-39-37-35-24-22-20-18-16-14-12-10-8-6-4-2/h5-8,11-14,17-20,23-25,27-28,30-31,33-35,38-41,44,46,61H,3-4,9-10,15-16,21-22,26,29,32,36-37,42-43,45,47-60,64H2,1-2H3,(H,67,68)/b7-5-,8-6-,13-11-,14-12-,19-17-,20-18-,25-23-,28-27-,31-30-,34-33-,35-24-,40-38-,41-39-,46-44-. The average molecular weight is 1030 g/mol. The van der Waals surface area contributed by atoms with E-state index < -0.39 is 32.5 Å². The van der Waals surface area contributed by atoms with Gasteiger partial charge in [0, 0.05) is 19.4 Å². The maximum Gasteiger partial charge on any atom is 0.472 e. The highest BCUT2D eigenvalue weighted by Crippen LogP contribution is 2.43. The highest BCUT2D eigenvalue weighted by atomic mass is 31.2. The number of esters is 2. The SMILES string of the molecule is CC/C=C\C/C=C\C/C=C\C/C=C\C/C=C\C/C=C\C/C=C\C/C=C\C/C=C\CCCCCC(=O)OC(COC(=O)CCCCCCC/C=C\C/C=C\C/C=C\C/C=C\C/C=C\CC)COP(=O)(O)OCCN. The molecule has 408 valence electrons. The number of carbonyl (C=O) groups is 2. The van der Waals surface area contributed by atoms with Crippen molar-refractivity contribution in [1.29, 1.82) is 0 Å². The zero-order valence-electron chi connectivity index (χ0n) is 45.3. The molecule has 0 spiro atoms. The van der Waals surface area contributed by atoms with Crippen LogP contribution in [0.15, 0.2) is 170 Å². The number of unbranched alkanes of at least 4 members (excludes halogenated alkanes) is 8. The van der Waals surface area contributed by atoms with Crippen LogP contribution in [0.25, 0.3) is 0 Å². The molecular weight excluding hydrogens is 930 g/mol. The van der Waals surface area contributed by atoms with Crippen molar-refractivity contribution < 1.29 is 37.6 Å². The van der Waals surface area contributed by atoms with Gasteiger partial charge in [-0.3, -0.25) is 18.6 Å². The largest absolute Gasteiger partial charge is 0.472 e. The number of ether oxygens (including phenoxy) is 2. The topological polar surface area (TPSA) is 134 Å². The van der Waals surface area contributed by atoms with Crippen molar-refractivity contribution in [3.8, 4) is 0 Å². The lowest BCUT2D eigenvalue weighted by atomic mass is 10.1. The highest BCUT2D eigenvalue weighted by molar-refractivity contribution is 7.47. The lowest BCUT2D eigenvalue weighted by Gasteiger charge is -2.19. The van der Waals surface area contributed by atoms with E-state index >= 15 is 0 Å². The Morgan fingerprint density at radius 3 is 1.07 bits per heavy atom. The summed E-state index contributed by atoms with van der Waals surface area (Å²) >= 11 is 0. The first-order chi connectivity index (χ1) is 35.8. The van der Waals surface area contributed by atoms with Crippen molar-refractivity contribution in [2.75, 3.05) is 26.4 Å². The second-order valence-electron chi connectivity index (χ2n) is 17.3. The van der Waals surface area contributed by atoms with Gasteiger partial charge in [-0.25, -0.2) is 4.57 Å². The minimum absolute atomic E-state index is 0.0339. The smallest absolute Gasteiger partial charge is 0.462 e. The third-order valence-corrected chi connectivity index (χ3v) is 11.6. The molecule has 0 heterocycles. The third kappa shape index (κ3) is 56.5. The summed E-state index contributed by atoms with van der Waals surface area (Å²) < 4.78 is 32.9. The maximum atomic E-state index is 12.7. The van der Waals surface area contributed by atoms with Crippen LogP contribution in [0.5, 0.6) is 0 Å². The molecule has 73 heavy (non-hydrogen) atoms. The van der Waals surface area contributed by atoms with Gasteiger partial charge in [-0.15, -0.1) is 0 Å². The second kappa shape index (κ2) is 56.7. The molecule has 0 amide bonds. The van der Waals surface area contributed by atoms with Crippen LogP contribution in [0, 0.1) is 0 Å². The van der Waals surface area contributed by atoms with Crippen LogP contribution >= 0.6 is 7.82 Å². The Labute approximate surface area is 444 Å². The van der Waals surface area contributed by atoms with Crippen LogP contribution in [0.4, 0.5) is 0 Å². The lowest BCUT2D eigenvalue weighted by Crippen LogP contribution is -2.29. The molecule has 0 aromatic heterocycles. The van der Waals surface area contributed by atoms with Gasteiger partial charge in [0.05, 0.1) is 13.2 Å². The molecule has 0 fully saturated rings. The van der Waals surface area contributed by atoms with Crippen molar-refractivity contribution in [2.24, 2.45) is 5.73 Å². The monoisotopic (exact) mass is 1030 g/mol. The number of hydrogen-bond donors (Lipinski definition) is 2. The molecule has 0 saturated heterocycles. The number of nitrogens with two attached hydrogens (primary N) is 1. The molecule has 0 aromatic carbocycles. The van der Waals surface area contributed by atoms with E-state index in [1.807, 2.05) is 0 Å². The van der Waals surface area contributed by atoms with Gasteiger partial charge in [0.25, 0.3) is 0 Å². The van der Waals surface area contributed by atoms with Gasteiger partial charge in [0.1, 0.15) is 6.61 Å². The zero-order valence-corrected chi connectivity index (χ0v) is 46.2. The molecule has 0 aliphatic rings. The van der Waals surface area contributed by atoms with Crippen molar-refractivity contribution in [3.63, 3.8) is 0 Å². The van der Waals surface area contributed by atoms with Crippen LogP contribution < -0.4 is 5.73 Å². The summed E-state index contributed by atoms with van der Waals surface area (Å²) in [5, 5.41) is 0. The Bertz CT molecular complexity index is 1790. The molecule has 0 rings (SSSR count). The van der Waals surface area contributed by atoms with E-state index in [1.54, 1.807) is 0 Å². The van der Waals surface area contributed by atoms with E-state index in [1.165, 1.54) is 0 Å². The summed E-state index contributed by atoms with van der Waals surface area (Å²) in [6, 6.07) is 0. The second-order valence-corrected chi connectivity index (χ2v) is 18.8. The number of allylic oxidation sites excluding steroid dienone is 28. The summed E-state index contributed by atoms with van der Waals surface area (Å²) in [6.45, 7) is 3.41. The number of hydrogen-bond acceptors (Lipinski definition) is 8. The molecule has 2 unspecified atom stereocenters. The van der Waals surface area contributed by atoms with Crippen LogP contribution in [0.1, 0.15) is 181 Å².